The lowest BCUT2D eigenvalue weighted by Crippen LogP contribution is -2.43. The smallest absolute Gasteiger partial charge is 0.120 e. The molecule has 2 aromatic carbocycles. The Morgan fingerprint density at radius 1 is 1.13 bits per heavy atom. The van der Waals surface area contributed by atoms with Crippen molar-refractivity contribution < 1.29 is 4.74 Å². The van der Waals surface area contributed by atoms with Crippen molar-refractivity contribution in [1.82, 2.24) is 4.90 Å². The molecule has 0 bridgehead atoms. The van der Waals surface area contributed by atoms with E-state index in [-0.39, 0.29) is 6.04 Å². The number of hydrogen-bond donors (Lipinski definition) is 1. The fraction of sp³-hybridized carbons (Fsp3) is 0.400. The molecule has 3 heteroatoms. The lowest BCUT2D eigenvalue weighted by Gasteiger charge is -2.36. The first-order chi connectivity index (χ1) is 11.2. The Kier molecular flexibility index (Phi) is 5.31. The van der Waals surface area contributed by atoms with Crippen LogP contribution in [0.3, 0.4) is 0 Å². The molecule has 2 aromatic rings. The molecule has 2 N–H and O–H groups in total. The maximum Gasteiger partial charge on any atom is 0.120 e. The third-order valence-electron chi connectivity index (χ3n) is 4.73. The summed E-state index contributed by atoms with van der Waals surface area (Å²) in [6, 6.07) is 18.9. The highest BCUT2D eigenvalue weighted by Crippen LogP contribution is 2.28. The highest BCUT2D eigenvalue weighted by molar-refractivity contribution is 5.31. The Labute approximate surface area is 139 Å². The van der Waals surface area contributed by atoms with Gasteiger partial charge in [0.15, 0.2) is 0 Å². The summed E-state index contributed by atoms with van der Waals surface area (Å²) in [4.78, 5) is 2.39. The summed E-state index contributed by atoms with van der Waals surface area (Å²) in [5, 5.41) is 0. The Bertz CT molecular complexity index is 614. The molecule has 1 aliphatic heterocycles. The van der Waals surface area contributed by atoms with Crippen LogP contribution in [0.4, 0.5) is 0 Å². The van der Waals surface area contributed by atoms with Crippen molar-refractivity contribution >= 4 is 0 Å². The molecule has 0 unspecified atom stereocenters. The zero-order valence-electron chi connectivity index (χ0n) is 13.8. The molecule has 3 rings (SSSR count). The molecule has 1 saturated heterocycles. The number of ether oxygens (including phenoxy) is 1. The highest BCUT2D eigenvalue weighted by atomic mass is 16.5. The zero-order valence-corrected chi connectivity index (χ0v) is 13.8. The van der Waals surface area contributed by atoms with Crippen molar-refractivity contribution in [2.75, 3.05) is 13.6 Å². The molecule has 23 heavy (non-hydrogen) atoms. The molecular weight excluding hydrogens is 284 g/mol. The predicted octanol–water partition coefficient (Wildman–Crippen LogP) is 3.75. The maximum atomic E-state index is 6.54. The van der Waals surface area contributed by atoms with E-state index in [1.54, 1.807) is 0 Å². The molecule has 1 heterocycles. The fourth-order valence-electron chi connectivity index (χ4n) is 3.33. The molecule has 2 atom stereocenters. The van der Waals surface area contributed by atoms with Crippen LogP contribution < -0.4 is 10.5 Å². The van der Waals surface area contributed by atoms with Gasteiger partial charge in [0, 0.05) is 12.1 Å². The summed E-state index contributed by atoms with van der Waals surface area (Å²) in [6.45, 7) is 1.73. The average Bonchev–Trinajstić information content (AvgIpc) is 2.61. The third-order valence-corrected chi connectivity index (χ3v) is 4.73. The third kappa shape index (κ3) is 4.12. The topological polar surface area (TPSA) is 38.5 Å². The Hall–Kier alpha value is -1.84. The molecule has 0 radical (unpaired) electrons. The van der Waals surface area contributed by atoms with Gasteiger partial charge in [0.2, 0.25) is 0 Å². The number of rotatable bonds is 5. The van der Waals surface area contributed by atoms with Gasteiger partial charge in [-0.25, -0.2) is 0 Å². The number of piperidine rings is 1. The van der Waals surface area contributed by atoms with Gasteiger partial charge >= 0.3 is 0 Å². The molecule has 0 spiro atoms. The van der Waals surface area contributed by atoms with E-state index in [1.165, 1.54) is 24.8 Å². The van der Waals surface area contributed by atoms with Gasteiger partial charge in [-0.15, -0.1) is 0 Å². The van der Waals surface area contributed by atoms with Crippen LogP contribution in [0, 0.1) is 0 Å². The minimum atomic E-state index is 0.0422. The second-order valence-corrected chi connectivity index (χ2v) is 6.42. The Morgan fingerprint density at radius 3 is 2.74 bits per heavy atom. The SMILES string of the molecule is CN1CCCC[C@H]1[C@@H](N)c1cccc(OCc2ccccc2)c1. The first kappa shape index (κ1) is 16.0. The van der Waals surface area contributed by atoms with Gasteiger partial charge in [0.25, 0.3) is 0 Å². The fourth-order valence-corrected chi connectivity index (χ4v) is 3.33. The number of nitrogens with two attached hydrogens (primary N) is 1. The van der Waals surface area contributed by atoms with Crippen LogP contribution in [0.25, 0.3) is 0 Å². The first-order valence-electron chi connectivity index (χ1n) is 8.46. The van der Waals surface area contributed by atoms with E-state index in [0.29, 0.717) is 12.6 Å². The van der Waals surface area contributed by atoms with Gasteiger partial charge in [0.1, 0.15) is 12.4 Å². The van der Waals surface area contributed by atoms with Crippen LogP contribution in [0.15, 0.2) is 54.6 Å². The highest BCUT2D eigenvalue weighted by Gasteiger charge is 2.26. The van der Waals surface area contributed by atoms with Crippen LogP contribution in [0.1, 0.15) is 36.4 Å². The molecule has 0 aromatic heterocycles. The summed E-state index contributed by atoms with van der Waals surface area (Å²) in [5.41, 5.74) is 8.88. The summed E-state index contributed by atoms with van der Waals surface area (Å²) >= 11 is 0. The number of nitrogens with zero attached hydrogens (tertiary/aromatic N) is 1. The van der Waals surface area contributed by atoms with Crippen LogP contribution in [0.5, 0.6) is 5.75 Å². The molecule has 3 nitrogen and oxygen atoms in total. The summed E-state index contributed by atoms with van der Waals surface area (Å²) in [5.74, 6) is 0.889. The van der Waals surface area contributed by atoms with Gasteiger partial charge in [-0.2, -0.15) is 0 Å². The Morgan fingerprint density at radius 2 is 1.96 bits per heavy atom. The van der Waals surface area contributed by atoms with Crippen molar-refractivity contribution in [3.05, 3.63) is 65.7 Å². The van der Waals surface area contributed by atoms with E-state index in [0.717, 1.165) is 17.9 Å². The summed E-state index contributed by atoms with van der Waals surface area (Å²) in [6.07, 6.45) is 3.72. The van der Waals surface area contributed by atoms with E-state index >= 15 is 0 Å². The zero-order chi connectivity index (χ0) is 16.1. The monoisotopic (exact) mass is 310 g/mol. The number of hydrogen-bond acceptors (Lipinski definition) is 3. The standard InChI is InChI=1S/C20H26N2O/c1-22-13-6-5-12-19(22)20(21)17-10-7-11-18(14-17)23-15-16-8-3-2-4-9-16/h2-4,7-11,14,19-20H,5-6,12-13,15,21H2,1H3/t19-,20-/m0/s1. The average molecular weight is 310 g/mol. The van der Waals surface area contributed by atoms with Gasteiger partial charge in [0.05, 0.1) is 0 Å². The van der Waals surface area contributed by atoms with Crippen molar-refractivity contribution in [1.29, 1.82) is 0 Å². The van der Waals surface area contributed by atoms with Gasteiger partial charge in [-0.05, 0) is 49.7 Å². The van der Waals surface area contributed by atoms with Gasteiger partial charge in [-0.1, -0.05) is 48.9 Å². The minimum Gasteiger partial charge on any atom is -0.489 e. The van der Waals surface area contributed by atoms with Gasteiger partial charge < -0.3 is 15.4 Å². The van der Waals surface area contributed by atoms with E-state index in [1.807, 2.05) is 30.3 Å². The number of benzene rings is 2. The van der Waals surface area contributed by atoms with Crippen molar-refractivity contribution in [2.45, 2.75) is 38.0 Å². The molecule has 0 amide bonds. The van der Waals surface area contributed by atoms with Crippen molar-refractivity contribution in [3.8, 4) is 5.75 Å². The molecule has 0 aliphatic carbocycles. The summed E-state index contributed by atoms with van der Waals surface area (Å²) < 4.78 is 5.93. The molecular formula is C20H26N2O. The molecule has 0 saturated carbocycles. The van der Waals surface area contributed by atoms with Crippen LogP contribution >= 0.6 is 0 Å². The van der Waals surface area contributed by atoms with Crippen LogP contribution in [-0.2, 0) is 6.61 Å². The second-order valence-electron chi connectivity index (χ2n) is 6.42. The largest absolute Gasteiger partial charge is 0.489 e. The molecule has 122 valence electrons. The lowest BCUT2D eigenvalue weighted by atomic mass is 9.92. The Balaban J connectivity index is 1.66. The maximum absolute atomic E-state index is 6.54. The number of likely N-dealkylation sites (tertiary alicyclic amines) is 1. The summed E-state index contributed by atoms with van der Waals surface area (Å²) in [7, 11) is 2.18. The van der Waals surface area contributed by atoms with E-state index in [9.17, 15) is 0 Å². The van der Waals surface area contributed by atoms with E-state index in [4.69, 9.17) is 10.5 Å². The first-order valence-corrected chi connectivity index (χ1v) is 8.46. The normalized spacial score (nSPS) is 20.2. The van der Waals surface area contributed by atoms with E-state index in [2.05, 4.69) is 36.2 Å². The van der Waals surface area contributed by atoms with Crippen molar-refractivity contribution in [3.63, 3.8) is 0 Å². The predicted molar refractivity (Wildman–Crippen MR) is 94.4 cm³/mol. The van der Waals surface area contributed by atoms with Crippen LogP contribution in [0.2, 0.25) is 0 Å². The minimum absolute atomic E-state index is 0.0422. The second kappa shape index (κ2) is 7.62. The van der Waals surface area contributed by atoms with Crippen molar-refractivity contribution in [2.24, 2.45) is 5.73 Å². The quantitative estimate of drug-likeness (QED) is 0.914. The van der Waals surface area contributed by atoms with E-state index < -0.39 is 0 Å². The number of likely N-dealkylation sites (N-methyl/N-ethyl adjacent to an activating group) is 1. The van der Waals surface area contributed by atoms with Crippen LogP contribution in [-0.4, -0.2) is 24.5 Å². The lowest BCUT2D eigenvalue weighted by molar-refractivity contribution is 0.160. The molecule has 1 aliphatic rings. The molecule has 1 fully saturated rings. The van der Waals surface area contributed by atoms with Gasteiger partial charge in [-0.3, -0.25) is 0 Å².